The van der Waals surface area contributed by atoms with Crippen LogP contribution in [0, 0.1) is 5.41 Å². The van der Waals surface area contributed by atoms with Crippen LogP contribution in [0.1, 0.15) is 35.4 Å². The molecule has 2 aromatic carbocycles. The van der Waals surface area contributed by atoms with Crippen LogP contribution in [0.4, 0.5) is 0 Å². The van der Waals surface area contributed by atoms with Gasteiger partial charge in [0.15, 0.2) is 11.5 Å². The smallest absolute Gasteiger partial charge is 0.350 e. The Morgan fingerprint density at radius 1 is 1.08 bits per heavy atom. The maximum Gasteiger partial charge on any atom is 0.350 e. The number of nitrogen functional groups attached to an aromatic ring is 1. The number of aromatic amines is 1. The molecule has 204 valence electrons. The molecule has 0 bridgehead atoms. The molecular formula is C26H29N7O6. The Kier molecular flexibility index (Phi) is 9.35. The summed E-state index contributed by atoms with van der Waals surface area (Å²) in [5, 5.41) is 19.6. The second-order valence-electron chi connectivity index (χ2n) is 8.12. The molecule has 1 atom stereocenters. The van der Waals surface area contributed by atoms with Gasteiger partial charge in [0, 0.05) is 30.8 Å². The van der Waals surface area contributed by atoms with Crippen molar-refractivity contribution in [3.63, 3.8) is 0 Å². The fourth-order valence-corrected chi connectivity index (χ4v) is 3.76. The molecule has 39 heavy (non-hydrogen) atoms. The molecule has 0 amide bonds. The Morgan fingerprint density at radius 2 is 1.64 bits per heavy atom. The lowest BCUT2D eigenvalue weighted by Gasteiger charge is -2.19. The van der Waals surface area contributed by atoms with Crippen molar-refractivity contribution in [2.45, 2.75) is 19.3 Å². The number of nitrogens with two attached hydrogens (primary N) is 1. The molecule has 0 aliphatic carbocycles. The van der Waals surface area contributed by atoms with Gasteiger partial charge < -0.3 is 25.1 Å². The van der Waals surface area contributed by atoms with Crippen LogP contribution in [-0.4, -0.2) is 63.0 Å². The monoisotopic (exact) mass is 535 g/mol. The predicted octanol–water partition coefficient (Wildman–Crippen LogP) is 2.13. The van der Waals surface area contributed by atoms with Crippen LogP contribution < -0.4 is 25.6 Å². The molecule has 0 radical (unpaired) electrons. The Balaban J connectivity index is 0.000000983. The first kappa shape index (κ1) is 28.4. The third kappa shape index (κ3) is 6.97. The number of aliphatic carboxylic acids is 1. The van der Waals surface area contributed by atoms with Gasteiger partial charge >= 0.3 is 5.69 Å². The molecule has 2 aromatic heterocycles. The summed E-state index contributed by atoms with van der Waals surface area (Å²) in [4.78, 5) is 32.8. The van der Waals surface area contributed by atoms with Gasteiger partial charge in [0.2, 0.25) is 5.75 Å². The number of nitrogens with zero attached hydrogens (tertiary/aromatic N) is 4. The van der Waals surface area contributed by atoms with Gasteiger partial charge in [0.05, 0.1) is 21.3 Å². The number of aromatic nitrogens is 5. The van der Waals surface area contributed by atoms with E-state index in [0.29, 0.717) is 35.1 Å². The molecular weight excluding hydrogens is 506 g/mol. The van der Waals surface area contributed by atoms with Gasteiger partial charge in [0.1, 0.15) is 11.7 Å². The van der Waals surface area contributed by atoms with Crippen molar-refractivity contribution in [2.75, 3.05) is 21.3 Å². The number of carbonyl (C=O) groups is 1. The normalized spacial score (nSPS) is 11.1. The number of hydrogen-bond donors (Lipinski definition) is 4. The van der Waals surface area contributed by atoms with E-state index in [1.54, 1.807) is 32.4 Å². The molecule has 4 aromatic rings. The van der Waals surface area contributed by atoms with Gasteiger partial charge in [-0.15, -0.1) is 9.78 Å². The first-order valence-electron chi connectivity index (χ1n) is 11.6. The molecule has 2 heterocycles. The number of H-pyrrole nitrogens is 1. The van der Waals surface area contributed by atoms with Crippen molar-refractivity contribution in [1.29, 1.82) is 5.41 Å². The quantitative estimate of drug-likeness (QED) is 0.182. The molecule has 13 nitrogen and oxygen atoms in total. The number of nitrogens with one attached hydrogen (secondary N) is 2. The highest BCUT2D eigenvalue weighted by molar-refractivity contribution is 5.94. The summed E-state index contributed by atoms with van der Waals surface area (Å²) in [6, 6.07) is 12.6. The van der Waals surface area contributed by atoms with Gasteiger partial charge in [-0.3, -0.25) is 15.2 Å². The van der Waals surface area contributed by atoms with E-state index in [0.717, 1.165) is 22.7 Å². The summed E-state index contributed by atoms with van der Waals surface area (Å²) < 4.78 is 17.7. The summed E-state index contributed by atoms with van der Waals surface area (Å²) >= 11 is 0. The van der Waals surface area contributed by atoms with E-state index in [1.807, 2.05) is 24.3 Å². The summed E-state index contributed by atoms with van der Waals surface area (Å²) in [5.41, 5.74) is 7.48. The summed E-state index contributed by atoms with van der Waals surface area (Å²) in [5.74, 6) is 0.744. The number of methoxy groups -OCH3 is 3. The lowest BCUT2D eigenvalue weighted by Crippen LogP contribution is -2.18. The molecule has 0 saturated carbocycles. The van der Waals surface area contributed by atoms with Crippen LogP contribution in [0.25, 0.3) is 5.95 Å². The van der Waals surface area contributed by atoms with Crippen LogP contribution >= 0.6 is 0 Å². The van der Waals surface area contributed by atoms with Crippen LogP contribution in [0.5, 0.6) is 17.2 Å². The maximum absolute atomic E-state index is 12.8. The zero-order valence-electron chi connectivity index (χ0n) is 21.8. The number of carboxylic acid groups (broad SMARTS) is 1. The Hall–Kier alpha value is -5.20. The van der Waals surface area contributed by atoms with E-state index in [2.05, 4.69) is 20.1 Å². The van der Waals surface area contributed by atoms with Crippen molar-refractivity contribution >= 4 is 11.8 Å². The van der Waals surface area contributed by atoms with Crippen molar-refractivity contribution in [3.8, 4) is 23.2 Å². The third-order valence-corrected chi connectivity index (χ3v) is 5.50. The first-order chi connectivity index (χ1) is 18.7. The van der Waals surface area contributed by atoms with Crippen LogP contribution in [0.2, 0.25) is 0 Å². The molecule has 0 saturated heterocycles. The average molecular weight is 536 g/mol. The molecule has 0 spiro atoms. The number of carboxylic acids is 1. The van der Waals surface area contributed by atoms with Crippen LogP contribution in [0.3, 0.4) is 0 Å². The Morgan fingerprint density at radius 3 is 2.13 bits per heavy atom. The largest absolute Gasteiger partial charge is 0.493 e. The number of ether oxygens (including phenoxy) is 3. The van der Waals surface area contributed by atoms with Crippen molar-refractivity contribution in [1.82, 2.24) is 24.7 Å². The topological polar surface area (TPSA) is 191 Å². The number of benzene rings is 2. The van der Waals surface area contributed by atoms with Gasteiger partial charge in [-0.05, 0) is 35.7 Å². The predicted molar refractivity (Wildman–Crippen MR) is 142 cm³/mol. The highest BCUT2D eigenvalue weighted by atomic mass is 16.5. The molecule has 0 aliphatic rings. The van der Waals surface area contributed by atoms with Gasteiger partial charge in [-0.25, -0.2) is 14.8 Å². The number of rotatable bonds is 9. The fourth-order valence-electron chi connectivity index (χ4n) is 3.76. The van der Waals surface area contributed by atoms with E-state index in [9.17, 15) is 4.79 Å². The van der Waals surface area contributed by atoms with Crippen molar-refractivity contribution in [2.24, 2.45) is 5.73 Å². The molecule has 0 fully saturated rings. The van der Waals surface area contributed by atoms with Gasteiger partial charge in [-0.2, -0.15) is 0 Å². The van der Waals surface area contributed by atoms with Crippen molar-refractivity contribution in [3.05, 3.63) is 87.9 Å². The van der Waals surface area contributed by atoms with E-state index in [4.69, 9.17) is 35.3 Å². The van der Waals surface area contributed by atoms with Crippen molar-refractivity contribution < 1.29 is 24.1 Å². The average Bonchev–Trinajstić information content (AvgIpc) is 3.32. The van der Waals surface area contributed by atoms with E-state index < -0.39 is 17.6 Å². The maximum atomic E-state index is 12.8. The zero-order chi connectivity index (χ0) is 28.5. The lowest BCUT2D eigenvalue weighted by molar-refractivity contribution is -0.134. The molecule has 4 rings (SSSR count). The molecule has 13 heteroatoms. The Bertz CT molecular complexity index is 1450. The Labute approximate surface area is 223 Å². The summed E-state index contributed by atoms with van der Waals surface area (Å²) in [7, 11) is 4.62. The highest BCUT2D eigenvalue weighted by Crippen LogP contribution is 2.41. The van der Waals surface area contributed by atoms with E-state index in [-0.39, 0.29) is 11.8 Å². The van der Waals surface area contributed by atoms with Gasteiger partial charge in [0.25, 0.3) is 11.9 Å². The standard InChI is InChI=1S/C24H25N7O4.C2H4O2/c1-33-18-12-16(13-19(34-2)20(18)35-3)17(11-14-5-7-15(8-6-14)21(25)26)22-29-24(32)31(30-22)23-27-9-4-10-28-23;1-2(3)4/h4-10,12-13,17H,11H2,1-3H3,(H3,25,26)(H,29,30,32);1H3,(H,3,4). The molecule has 0 aliphatic heterocycles. The third-order valence-electron chi connectivity index (χ3n) is 5.50. The molecule has 5 N–H and O–H groups in total. The number of hydrogen-bond acceptors (Lipinski definition) is 9. The highest BCUT2D eigenvalue weighted by Gasteiger charge is 2.25. The minimum absolute atomic E-state index is 0.0105. The van der Waals surface area contributed by atoms with Gasteiger partial charge in [-0.1, -0.05) is 24.3 Å². The van der Waals surface area contributed by atoms with Crippen LogP contribution in [0.15, 0.2) is 59.7 Å². The number of amidine groups is 1. The van der Waals surface area contributed by atoms with Crippen LogP contribution in [-0.2, 0) is 11.2 Å². The minimum atomic E-state index is -0.833. The van der Waals surface area contributed by atoms with E-state index in [1.165, 1.54) is 19.5 Å². The lowest BCUT2D eigenvalue weighted by atomic mass is 9.90. The first-order valence-corrected chi connectivity index (χ1v) is 11.6. The summed E-state index contributed by atoms with van der Waals surface area (Å²) in [6.45, 7) is 1.08. The molecule has 1 unspecified atom stereocenters. The minimum Gasteiger partial charge on any atom is -0.493 e. The zero-order valence-corrected chi connectivity index (χ0v) is 21.8. The second kappa shape index (κ2) is 12.9. The summed E-state index contributed by atoms with van der Waals surface area (Å²) in [6.07, 6.45) is 3.55. The van der Waals surface area contributed by atoms with E-state index >= 15 is 0 Å². The SMILES string of the molecule is CC(=O)O.COc1cc(C(Cc2ccc(C(=N)N)cc2)c2nn(-c3ncccn3)c(=O)[nH]2)cc(OC)c1OC. The fraction of sp³-hybridized carbons (Fsp3) is 0.231. The second-order valence-corrected chi connectivity index (χ2v) is 8.12.